The van der Waals surface area contributed by atoms with Crippen LogP contribution in [0, 0.1) is 5.92 Å². The molecule has 38 heavy (non-hydrogen) atoms. The first-order valence-electron chi connectivity index (χ1n) is 11.9. The predicted molar refractivity (Wildman–Crippen MR) is 140 cm³/mol. The van der Waals surface area contributed by atoms with Crippen LogP contribution < -0.4 is 25.0 Å². The van der Waals surface area contributed by atoms with Gasteiger partial charge in [-0.2, -0.15) is 0 Å². The molecule has 1 heterocycles. The highest BCUT2D eigenvalue weighted by Crippen LogP contribution is 2.33. The minimum absolute atomic E-state index is 0.00940. The smallest absolute Gasteiger partial charge is 0.311 e. The summed E-state index contributed by atoms with van der Waals surface area (Å²) in [5, 5.41) is 5.24. The third kappa shape index (κ3) is 6.67. The number of carbonyl (C=O) groups excluding carboxylic acids is 4. The molecule has 2 N–H and O–H groups in total. The third-order valence-corrected chi connectivity index (χ3v) is 5.74. The van der Waals surface area contributed by atoms with E-state index in [2.05, 4.69) is 10.6 Å². The molecule has 1 atom stereocenters. The van der Waals surface area contributed by atoms with Gasteiger partial charge in [0.25, 0.3) is 5.91 Å². The molecule has 10 heteroatoms. The largest absolute Gasteiger partial charge is 0.493 e. The van der Waals surface area contributed by atoms with Crippen molar-refractivity contribution in [3.8, 4) is 17.2 Å². The summed E-state index contributed by atoms with van der Waals surface area (Å²) < 4.78 is 16.3. The SMILES string of the molecule is COc1ccccc1Oc1ccc(N2C[C@@H](C(=O)OCC(=O)Nc3ccc(NC(C)=O)cc3)CC2=O)cc1. The van der Waals surface area contributed by atoms with Crippen LogP contribution >= 0.6 is 0 Å². The van der Waals surface area contributed by atoms with Crippen LogP contribution in [0.5, 0.6) is 17.2 Å². The number of anilines is 3. The van der Waals surface area contributed by atoms with Crippen molar-refractivity contribution in [2.75, 3.05) is 35.8 Å². The lowest BCUT2D eigenvalue weighted by molar-refractivity contribution is -0.151. The Hall–Kier alpha value is -4.86. The summed E-state index contributed by atoms with van der Waals surface area (Å²) in [6.45, 7) is 1.07. The fourth-order valence-electron chi connectivity index (χ4n) is 3.93. The molecule has 1 saturated heterocycles. The van der Waals surface area contributed by atoms with Gasteiger partial charge in [-0.05, 0) is 60.7 Å². The number of carbonyl (C=O) groups is 4. The molecule has 0 spiro atoms. The summed E-state index contributed by atoms with van der Waals surface area (Å²) in [6, 6.07) is 20.7. The Bertz CT molecular complexity index is 1320. The van der Waals surface area contributed by atoms with E-state index in [1.54, 1.807) is 67.8 Å². The summed E-state index contributed by atoms with van der Waals surface area (Å²) in [5.74, 6) is -0.504. The Kier molecular flexibility index (Phi) is 8.22. The molecule has 1 fully saturated rings. The first-order chi connectivity index (χ1) is 18.3. The van der Waals surface area contributed by atoms with Gasteiger partial charge in [0, 0.05) is 37.0 Å². The van der Waals surface area contributed by atoms with Crippen LogP contribution in [-0.2, 0) is 23.9 Å². The van der Waals surface area contributed by atoms with E-state index in [9.17, 15) is 19.2 Å². The van der Waals surface area contributed by atoms with Gasteiger partial charge in [-0.25, -0.2) is 0 Å². The van der Waals surface area contributed by atoms with Crippen molar-refractivity contribution in [3.63, 3.8) is 0 Å². The van der Waals surface area contributed by atoms with E-state index in [1.807, 2.05) is 12.1 Å². The van der Waals surface area contributed by atoms with Crippen molar-refractivity contribution >= 4 is 40.8 Å². The topological polar surface area (TPSA) is 123 Å². The van der Waals surface area contributed by atoms with E-state index < -0.39 is 24.4 Å². The number of esters is 1. The van der Waals surface area contributed by atoms with Gasteiger partial charge in [0.1, 0.15) is 5.75 Å². The molecule has 0 aromatic heterocycles. The van der Waals surface area contributed by atoms with E-state index in [0.717, 1.165) is 0 Å². The first-order valence-corrected chi connectivity index (χ1v) is 11.9. The zero-order chi connectivity index (χ0) is 27.1. The van der Waals surface area contributed by atoms with Crippen LogP contribution in [-0.4, -0.2) is 44.0 Å². The molecule has 4 rings (SSSR count). The molecular weight excluding hydrogens is 490 g/mol. The molecule has 0 unspecified atom stereocenters. The highest BCUT2D eigenvalue weighted by molar-refractivity contribution is 6.00. The Morgan fingerprint density at radius 2 is 1.53 bits per heavy atom. The molecular formula is C28H27N3O7. The fraction of sp³-hybridized carbons (Fsp3) is 0.214. The lowest BCUT2D eigenvalue weighted by atomic mass is 10.1. The number of para-hydroxylation sites is 2. The molecule has 3 aromatic carbocycles. The van der Waals surface area contributed by atoms with Gasteiger partial charge in [-0.3, -0.25) is 19.2 Å². The average molecular weight is 518 g/mol. The van der Waals surface area contributed by atoms with E-state index in [4.69, 9.17) is 14.2 Å². The second-order valence-electron chi connectivity index (χ2n) is 8.57. The Balaban J connectivity index is 1.27. The molecule has 0 aliphatic carbocycles. The van der Waals surface area contributed by atoms with Crippen molar-refractivity contribution in [2.45, 2.75) is 13.3 Å². The lowest BCUT2D eigenvalue weighted by Gasteiger charge is -2.17. The standard InChI is InChI=1S/C28H27N3O7/c1-18(32)29-20-7-9-21(10-8-20)30-26(33)17-37-28(35)19-15-27(34)31(16-19)22-11-13-23(14-12-22)38-25-6-4-3-5-24(25)36-2/h3-14,19H,15-17H2,1-2H3,(H,29,32)(H,30,33)/t19-/m0/s1. The molecule has 196 valence electrons. The van der Waals surface area contributed by atoms with E-state index in [-0.39, 0.29) is 24.8 Å². The molecule has 3 aromatic rings. The number of nitrogens with zero attached hydrogens (tertiary/aromatic N) is 1. The first kappa shape index (κ1) is 26.2. The van der Waals surface area contributed by atoms with E-state index in [1.165, 1.54) is 11.8 Å². The summed E-state index contributed by atoms with van der Waals surface area (Å²) in [4.78, 5) is 49.9. The molecule has 1 aliphatic heterocycles. The maximum atomic E-state index is 12.6. The summed E-state index contributed by atoms with van der Waals surface area (Å²) in [7, 11) is 1.56. The van der Waals surface area contributed by atoms with Crippen molar-refractivity contribution in [2.24, 2.45) is 5.92 Å². The van der Waals surface area contributed by atoms with Crippen LogP contribution in [0.1, 0.15) is 13.3 Å². The zero-order valence-corrected chi connectivity index (χ0v) is 20.9. The van der Waals surface area contributed by atoms with Crippen molar-refractivity contribution < 1.29 is 33.4 Å². The second-order valence-corrected chi connectivity index (χ2v) is 8.57. The van der Waals surface area contributed by atoms with E-state index >= 15 is 0 Å². The number of amides is 3. The fourth-order valence-corrected chi connectivity index (χ4v) is 3.93. The average Bonchev–Trinajstić information content (AvgIpc) is 3.30. The third-order valence-electron chi connectivity index (χ3n) is 5.74. The van der Waals surface area contributed by atoms with Crippen molar-refractivity contribution in [1.82, 2.24) is 0 Å². The van der Waals surface area contributed by atoms with Gasteiger partial charge in [-0.15, -0.1) is 0 Å². The maximum Gasteiger partial charge on any atom is 0.311 e. The van der Waals surface area contributed by atoms with Crippen LogP contribution in [0.3, 0.4) is 0 Å². The second kappa shape index (κ2) is 11.9. The molecule has 0 radical (unpaired) electrons. The minimum atomic E-state index is -0.684. The Morgan fingerprint density at radius 1 is 0.895 bits per heavy atom. The Labute approximate surface area is 219 Å². The molecule has 3 amide bonds. The van der Waals surface area contributed by atoms with Crippen molar-refractivity contribution in [3.05, 3.63) is 72.8 Å². The zero-order valence-electron chi connectivity index (χ0n) is 20.9. The van der Waals surface area contributed by atoms with Gasteiger partial charge in [0.05, 0.1) is 13.0 Å². The predicted octanol–water partition coefficient (Wildman–Crippen LogP) is 3.98. The number of hydrogen-bond acceptors (Lipinski definition) is 7. The van der Waals surface area contributed by atoms with Crippen LogP contribution in [0.15, 0.2) is 72.8 Å². The normalized spacial score (nSPS) is 14.5. The highest BCUT2D eigenvalue weighted by Gasteiger charge is 2.36. The molecule has 0 saturated carbocycles. The van der Waals surface area contributed by atoms with Crippen LogP contribution in [0.2, 0.25) is 0 Å². The van der Waals surface area contributed by atoms with Gasteiger partial charge < -0.3 is 29.7 Å². The molecule has 10 nitrogen and oxygen atoms in total. The van der Waals surface area contributed by atoms with Gasteiger partial charge in [0.15, 0.2) is 18.1 Å². The lowest BCUT2D eigenvalue weighted by Crippen LogP contribution is -2.28. The number of ether oxygens (including phenoxy) is 3. The summed E-state index contributed by atoms with van der Waals surface area (Å²) >= 11 is 0. The summed E-state index contributed by atoms with van der Waals surface area (Å²) in [6.07, 6.45) is -0.00940. The molecule has 1 aliphatic rings. The molecule has 0 bridgehead atoms. The van der Waals surface area contributed by atoms with E-state index in [0.29, 0.717) is 34.3 Å². The highest BCUT2D eigenvalue weighted by atomic mass is 16.5. The minimum Gasteiger partial charge on any atom is -0.493 e. The van der Waals surface area contributed by atoms with Gasteiger partial charge in [-0.1, -0.05) is 12.1 Å². The number of methoxy groups -OCH3 is 1. The maximum absolute atomic E-state index is 12.6. The van der Waals surface area contributed by atoms with Crippen LogP contribution in [0.4, 0.5) is 17.1 Å². The van der Waals surface area contributed by atoms with Gasteiger partial charge >= 0.3 is 5.97 Å². The van der Waals surface area contributed by atoms with Crippen molar-refractivity contribution in [1.29, 1.82) is 0 Å². The number of benzene rings is 3. The number of rotatable bonds is 9. The number of nitrogens with one attached hydrogen (secondary N) is 2. The monoisotopic (exact) mass is 517 g/mol. The van der Waals surface area contributed by atoms with Gasteiger partial charge in [0.2, 0.25) is 11.8 Å². The number of hydrogen-bond donors (Lipinski definition) is 2. The quantitative estimate of drug-likeness (QED) is 0.412. The summed E-state index contributed by atoms with van der Waals surface area (Å²) in [5.41, 5.74) is 1.70. The van der Waals surface area contributed by atoms with Crippen LogP contribution in [0.25, 0.3) is 0 Å². The Morgan fingerprint density at radius 3 is 2.16 bits per heavy atom.